The van der Waals surface area contributed by atoms with Gasteiger partial charge in [-0.15, -0.1) is 0 Å². The molecule has 0 bridgehead atoms. The number of alkyl halides is 3. The summed E-state index contributed by atoms with van der Waals surface area (Å²) in [6.45, 7) is 0.116. The van der Waals surface area contributed by atoms with Gasteiger partial charge in [0.05, 0.1) is 6.61 Å². The molecule has 1 atom stereocenters. The van der Waals surface area contributed by atoms with E-state index in [0.717, 1.165) is 11.1 Å². The molecule has 3 nitrogen and oxygen atoms in total. The summed E-state index contributed by atoms with van der Waals surface area (Å²) in [4.78, 5) is 12.4. The monoisotopic (exact) mass is 365 g/mol. The number of nitrogens with one attached hydrogen (secondary N) is 1. The summed E-state index contributed by atoms with van der Waals surface area (Å²) in [5.74, 6) is -0.355. The Balaban J connectivity index is 1.97. The van der Waals surface area contributed by atoms with E-state index in [2.05, 4.69) is 10.1 Å². The third-order valence-corrected chi connectivity index (χ3v) is 3.83. The standard InChI is InChI=1S/C20H22F3NO2/c1-15(13-26-14-20(21,22)23)24-19(25)12-18(16-8-4-2-5-9-16)17-10-6-3-7-11-17/h2-11,15,18H,12-14H2,1H3,(H,24,25). The van der Waals surface area contributed by atoms with E-state index in [1.54, 1.807) is 6.92 Å². The Kier molecular flexibility index (Phi) is 7.21. The summed E-state index contributed by atoms with van der Waals surface area (Å²) in [7, 11) is 0. The van der Waals surface area contributed by atoms with Gasteiger partial charge in [0.2, 0.25) is 5.91 Å². The van der Waals surface area contributed by atoms with Gasteiger partial charge in [0, 0.05) is 18.4 Å². The fraction of sp³-hybridized carbons (Fsp3) is 0.350. The molecule has 2 rings (SSSR count). The molecule has 0 radical (unpaired) electrons. The van der Waals surface area contributed by atoms with Gasteiger partial charge in [-0.25, -0.2) is 0 Å². The van der Waals surface area contributed by atoms with Crippen LogP contribution in [0.1, 0.15) is 30.4 Å². The lowest BCUT2D eigenvalue weighted by atomic mass is 9.88. The zero-order chi connectivity index (χ0) is 19.0. The molecule has 0 saturated heterocycles. The first-order chi connectivity index (χ1) is 12.3. The second kappa shape index (κ2) is 9.38. The van der Waals surface area contributed by atoms with Crippen molar-refractivity contribution in [1.82, 2.24) is 5.32 Å². The van der Waals surface area contributed by atoms with E-state index >= 15 is 0 Å². The first kappa shape index (κ1) is 20.0. The molecule has 26 heavy (non-hydrogen) atoms. The Morgan fingerprint density at radius 1 is 1.00 bits per heavy atom. The number of halogens is 3. The van der Waals surface area contributed by atoms with Crippen LogP contribution in [0, 0.1) is 0 Å². The first-order valence-electron chi connectivity index (χ1n) is 8.39. The van der Waals surface area contributed by atoms with Crippen LogP contribution in [0.2, 0.25) is 0 Å². The highest BCUT2D eigenvalue weighted by Gasteiger charge is 2.27. The lowest BCUT2D eigenvalue weighted by Crippen LogP contribution is -2.37. The Morgan fingerprint density at radius 2 is 1.50 bits per heavy atom. The number of hydrogen-bond donors (Lipinski definition) is 1. The third kappa shape index (κ3) is 6.88. The van der Waals surface area contributed by atoms with Crippen molar-refractivity contribution >= 4 is 5.91 Å². The van der Waals surface area contributed by atoms with E-state index in [1.807, 2.05) is 60.7 Å². The van der Waals surface area contributed by atoms with Gasteiger partial charge in [0.25, 0.3) is 0 Å². The van der Waals surface area contributed by atoms with Crippen LogP contribution in [0.5, 0.6) is 0 Å². The molecule has 6 heteroatoms. The predicted octanol–water partition coefficient (Wildman–Crippen LogP) is 4.29. The lowest BCUT2D eigenvalue weighted by Gasteiger charge is -2.20. The molecule has 1 N–H and O–H groups in total. The van der Waals surface area contributed by atoms with Gasteiger partial charge in [0.1, 0.15) is 6.61 Å². The van der Waals surface area contributed by atoms with Crippen molar-refractivity contribution < 1.29 is 22.7 Å². The van der Waals surface area contributed by atoms with Gasteiger partial charge in [-0.1, -0.05) is 60.7 Å². The first-order valence-corrected chi connectivity index (χ1v) is 8.39. The Hall–Kier alpha value is -2.34. The quantitative estimate of drug-likeness (QED) is 0.758. The SMILES string of the molecule is CC(COCC(F)(F)F)NC(=O)CC(c1ccccc1)c1ccccc1. The van der Waals surface area contributed by atoms with E-state index in [4.69, 9.17) is 0 Å². The topological polar surface area (TPSA) is 38.3 Å². The summed E-state index contributed by atoms with van der Waals surface area (Å²) in [5.41, 5.74) is 2.02. The predicted molar refractivity (Wildman–Crippen MR) is 93.8 cm³/mol. The van der Waals surface area contributed by atoms with Crippen LogP contribution >= 0.6 is 0 Å². The Morgan fingerprint density at radius 3 is 1.96 bits per heavy atom. The van der Waals surface area contributed by atoms with E-state index in [1.165, 1.54) is 0 Å². The van der Waals surface area contributed by atoms with Crippen molar-refractivity contribution in [3.63, 3.8) is 0 Å². The zero-order valence-electron chi connectivity index (χ0n) is 14.5. The van der Waals surface area contributed by atoms with E-state index in [0.29, 0.717) is 0 Å². The molecule has 2 aromatic rings. The maximum atomic E-state index is 12.4. The van der Waals surface area contributed by atoms with Crippen molar-refractivity contribution in [2.24, 2.45) is 0 Å². The molecule has 0 spiro atoms. The van der Waals surface area contributed by atoms with Crippen LogP contribution < -0.4 is 5.32 Å². The normalized spacial score (nSPS) is 12.8. The van der Waals surface area contributed by atoms with Crippen molar-refractivity contribution in [2.45, 2.75) is 31.5 Å². The van der Waals surface area contributed by atoms with Gasteiger partial charge >= 0.3 is 6.18 Å². The van der Waals surface area contributed by atoms with Crippen molar-refractivity contribution in [2.75, 3.05) is 13.2 Å². The minimum Gasteiger partial charge on any atom is -0.370 e. The lowest BCUT2D eigenvalue weighted by molar-refractivity contribution is -0.175. The zero-order valence-corrected chi connectivity index (χ0v) is 14.5. The maximum absolute atomic E-state index is 12.4. The van der Waals surface area contributed by atoms with Gasteiger partial charge in [0.15, 0.2) is 0 Å². The molecule has 0 aromatic heterocycles. The van der Waals surface area contributed by atoms with Gasteiger partial charge in [-0.05, 0) is 18.1 Å². The molecule has 0 aliphatic rings. The third-order valence-electron chi connectivity index (χ3n) is 3.83. The number of carbonyl (C=O) groups is 1. The van der Waals surface area contributed by atoms with Crippen molar-refractivity contribution in [1.29, 1.82) is 0 Å². The van der Waals surface area contributed by atoms with Crippen LogP contribution in [-0.4, -0.2) is 31.3 Å². The largest absolute Gasteiger partial charge is 0.411 e. The highest BCUT2D eigenvalue weighted by atomic mass is 19.4. The second-order valence-corrected chi connectivity index (χ2v) is 6.18. The average Bonchev–Trinajstić information content (AvgIpc) is 2.60. The molecular weight excluding hydrogens is 343 g/mol. The van der Waals surface area contributed by atoms with E-state index in [-0.39, 0.29) is 24.9 Å². The molecule has 0 saturated carbocycles. The molecule has 1 unspecified atom stereocenters. The second-order valence-electron chi connectivity index (χ2n) is 6.18. The van der Waals surface area contributed by atoms with Gasteiger partial charge < -0.3 is 10.1 Å². The molecule has 140 valence electrons. The number of carbonyl (C=O) groups excluding carboxylic acids is 1. The number of benzene rings is 2. The van der Waals surface area contributed by atoms with E-state index < -0.39 is 18.8 Å². The van der Waals surface area contributed by atoms with Crippen LogP contribution in [0.4, 0.5) is 13.2 Å². The summed E-state index contributed by atoms with van der Waals surface area (Å²) in [6, 6.07) is 18.8. The number of rotatable bonds is 8. The summed E-state index contributed by atoms with van der Waals surface area (Å²) < 4.78 is 40.9. The molecule has 0 fully saturated rings. The summed E-state index contributed by atoms with van der Waals surface area (Å²) >= 11 is 0. The van der Waals surface area contributed by atoms with Crippen LogP contribution in [-0.2, 0) is 9.53 Å². The molecule has 1 amide bonds. The molecule has 2 aromatic carbocycles. The highest BCUT2D eigenvalue weighted by molar-refractivity contribution is 5.77. The van der Waals surface area contributed by atoms with Gasteiger partial charge in [-0.3, -0.25) is 4.79 Å². The number of ether oxygens (including phenoxy) is 1. The van der Waals surface area contributed by atoms with Gasteiger partial charge in [-0.2, -0.15) is 13.2 Å². The van der Waals surface area contributed by atoms with Crippen LogP contribution in [0.25, 0.3) is 0 Å². The molecule has 0 heterocycles. The smallest absolute Gasteiger partial charge is 0.370 e. The van der Waals surface area contributed by atoms with Crippen molar-refractivity contribution in [3.8, 4) is 0 Å². The minimum atomic E-state index is -4.37. The van der Waals surface area contributed by atoms with E-state index in [9.17, 15) is 18.0 Å². The molecular formula is C20H22F3NO2. The summed E-state index contributed by atoms with van der Waals surface area (Å²) in [6.07, 6.45) is -4.16. The highest BCUT2D eigenvalue weighted by Crippen LogP contribution is 2.27. The summed E-state index contributed by atoms with van der Waals surface area (Å²) in [5, 5.41) is 2.70. The van der Waals surface area contributed by atoms with Crippen LogP contribution in [0.15, 0.2) is 60.7 Å². The number of hydrogen-bond acceptors (Lipinski definition) is 2. The Labute approximate surface area is 151 Å². The maximum Gasteiger partial charge on any atom is 0.411 e. The molecule has 0 aliphatic carbocycles. The minimum absolute atomic E-state index is 0.124. The van der Waals surface area contributed by atoms with Crippen LogP contribution in [0.3, 0.4) is 0 Å². The Bertz CT molecular complexity index is 635. The van der Waals surface area contributed by atoms with Crippen molar-refractivity contribution in [3.05, 3.63) is 71.8 Å². The number of amides is 1. The molecule has 0 aliphatic heterocycles. The fourth-order valence-corrected chi connectivity index (χ4v) is 2.71. The fourth-order valence-electron chi connectivity index (χ4n) is 2.71. The average molecular weight is 365 g/mol.